The van der Waals surface area contributed by atoms with Crippen LogP contribution in [0.4, 0.5) is 0 Å². The molecule has 4 aliphatic rings. The molecule has 4 fully saturated rings. The molecule has 13 atom stereocenters. The Kier molecular flexibility index (Phi) is 12.8. The maximum Gasteiger partial charge on any atom is 0.316 e. The van der Waals surface area contributed by atoms with Crippen LogP contribution in [-0.2, 0) is 38.1 Å². The maximum absolute atomic E-state index is 14.2. The van der Waals surface area contributed by atoms with Crippen molar-refractivity contribution < 1.29 is 43.2 Å². The molecule has 0 aromatic heterocycles. The number of nitrogens with zero attached hydrogens (tertiary/aromatic N) is 2. The predicted molar refractivity (Wildman–Crippen MR) is 180 cm³/mol. The van der Waals surface area contributed by atoms with E-state index >= 15 is 0 Å². The highest BCUT2D eigenvalue weighted by Crippen LogP contribution is 2.42. The van der Waals surface area contributed by atoms with E-state index in [1.807, 2.05) is 46.7 Å². The molecule has 0 aromatic rings. The zero-order chi connectivity index (χ0) is 35.7. The molecule has 0 spiro atoms. The predicted octanol–water partition coefficient (Wildman–Crippen LogP) is 2.78. The molecule has 2 N–H and O–H groups in total. The topological polar surface area (TPSA) is 136 Å². The van der Waals surface area contributed by atoms with E-state index in [4.69, 9.17) is 23.7 Å². The summed E-state index contributed by atoms with van der Waals surface area (Å²) in [6.07, 6.45) is 0.355. The molecule has 1 saturated carbocycles. The molecule has 0 radical (unpaired) electrons. The van der Waals surface area contributed by atoms with E-state index in [2.05, 4.69) is 24.2 Å². The van der Waals surface area contributed by atoms with E-state index in [1.54, 1.807) is 21.0 Å². The van der Waals surface area contributed by atoms with Crippen LogP contribution in [0.3, 0.4) is 0 Å². The molecule has 5 unspecified atom stereocenters. The van der Waals surface area contributed by atoms with Crippen LogP contribution in [0.2, 0.25) is 0 Å². The monoisotopic (exact) mass is 681 g/mol. The number of Topliss-reactive ketones (excluding diaryl/α,β-unsaturated/α-hetero) is 1. The van der Waals surface area contributed by atoms with Crippen LogP contribution in [0.15, 0.2) is 0 Å². The summed E-state index contributed by atoms with van der Waals surface area (Å²) >= 11 is 0. The number of hydrogen-bond acceptors (Lipinski definition) is 12. The lowest BCUT2D eigenvalue weighted by molar-refractivity contribution is -0.298. The molecule has 0 aromatic carbocycles. The molecular formula is C36H63N3O9. The number of aliphatic hydroxyl groups is 1. The van der Waals surface area contributed by atoms with Crippen molar-refractivity contribution in [3.8, 4) is 0 Å². The first kappa shape index (κ1) is 39.1. The smallest absolute Gasteiger partial charge is 0.316 e. The number of rotatable bonds is 8. The Morgan fingerprint density at radius 2 is 1.73 bits per heavy atom. The fourth-order valence-corrected chi connectivity index (χ4v) is 8.42. The van der Waals surface area contributed by atoms with Gasteiger partial charge in [-0.25, -0.2) is 0 Å². The van der Waals surface area contributed by atoms with Crippen molar-refractivity contribution in [2.75, 3.05) is 41.3 Å². The van der Waals surface area contributed by atoms with Gasteiger partial charge in [-0.2, -0.15) is 0 Å². The molecule has 3 heterocycles. The van der Waals surface area contributed by atoms with E-state index < -0.39 is 53.6 Å². The van der Waals surface area contributed by atoms with E-state index in [1.165, 1.54) is 12.8 Å². The number of carbonyl (C=O) groups is 3. The van der Waals surface area contributed by atoms with Crippen LogP contribution in [0.1, 0.15) is 87.0 Å². The Balaban J connectivity index is 1.68. The largest absolute Gasteiger partial charge is 0.458 e. The van der Waals surface area contributed by atoms with Crippen molar-refractivity contribution in [2.24, 2.45) is 23.7 Å². The fourth-order valence-electron chi connectivity index (χ4n) is 8.42. The summed E-state index contributed by atoms with van der Waals surface area (Å²) in [5.74, 6) is -3.48. The van der Waals surface area contributed by atoms with Gasteiger partial charge in [0.05, 0.1) is 24.2 Å². The molecule has 1 aliphatic carbocycles. The number of likely N-dealkylation sites (N-methyl/N-ethyl adjacent to an activating group) is 2. The third-order valence-electron chi connectivity index (χ3n) is 11.7. The first-order valence-electron chi connectivity index (χ1n) is 18.1. The van der Waals surface area contributed by atoms with Crippen molar-refractivity contribution in [3.63, 3.8) is 0 Å². The minimum absolute atomic E-state index is 0.0594. The molecule has 48 heavy (non-hydrogen) atoms. The standard InChI is InChI=1S/C36H63N3O9/c1-12-28-36(7)26(16-29(40)48-36)23(5)37-18-20(2)17-35(6,44-11)32(21(3)30(41)22(4)33(43)46-28)47-34-31(42)27(38(8)9)15-25(45-34)19-39(10)24-13-14-24/h20-28,31-32,34,37,42H,12-19H2,1-11H3/t20-,21+,22?,23-,25?,26-,27?,28-,31?,32-,34?,35-,36+/m1/s1. The van der Waals surface area contributed by atoms with E-state index in [0.29, 0.717) is 38.4 Å². The number of carbonyl (C=O) groups excluding carboxylic acids is 3. The number of hydrogen-bond donors (Lipinski definition) is 2. The highest BCUT2D eigenvalue weighted by Gasteiger charge is 2.55. The number of esters is 2. The van der Waals surface area contributed by atoms with Crippen LogP contribution in [0, 0.1) is 23.7 Å². The normalized spacial score (nSPS) is 43.8. The van der Waals surface area contributed by atoms with E-state index in [-0.39, 0.29) is 48.2 Å². The van der Waals surface area contributed by atoms with Crippen molar-refractivity contribution in [3.05, 3.63) is 0 Å². The second-order valence-corrected chi connectivity index (χ2v) is 15.8. The second kappa shape index (κ2) is 15.7. The number of aliphatic hydroxyl groups excluding tert-OH is 1. The lowest BCUT2D eigenvalue weighted by Gasteiger charge is -2.47. The Morgan fingerprint density at radius 1 is 1.06 bits per heavy atom. The number of methoxy groups -OCH3 is 1. The third-order valence-corrected chi connectivity index (χ3v) is 11.7. The van der Waals surface area contributed by atoms with Gasteiger partial charge in [-0.05, 0) is 93.4 Å². The summed E-state index contributed by atoms with van der Waals surface area (Å²) in [7, 11) is 7.59. The first-order chi connectivity index (χ1) is 22.4. The highest BCUT2D eigenvalue weighted by molar-refractivity contribution is 6.00. The SMILES string of the molecule is CC[C@H]1OC(=O)C(C)C(=O)[C@H](C)[C@@H](OC2OC(CN(C)C3CC3)CC(N(C)C)C2O)[C@](C)(OC)C[C@@H](C)CN[C@H](C)[C@H]2CC(=O)O[C@@]21C. The van der Waals surface area contributed by atoms with Crippen LogP contribution >= 0.6 is 0 Å². The molecule has 4 rings (SSSR count). The Labute approximate surface area is 287 Å². The number of ether oxygens (including phenoxy) is 5. The Hall–Kier alpha value is -1.67. The summed E-state index contributed by atoms with van der Waals surface area (Å²) < 4.78 is 31.4. The molecule has 3 aliphatic heterocycles. The number of nitrogens with one attached hydrogen (secondary N) is 1. The Bertz CT molecular complexity index is 1140. The molecule has 12 heteroatoms. The molecular weight excluding hydrogens is 618 g/mol. The van der Waals surface area contributed by atoms with Gasteiger partial charge in [-0.15, -0.1) is 0 Å². The first-order valence-corrected chi connectivity index (χ1v) is 18.1. The zero-order valence-corrected chi connectivity index (χ0v) is 31.2. The number of ketones is 1. The van der Waals surface area contributed by atoms with Crippen LogP contribution in [0.5, 0.6) is 0 Å². The number of cyclic esters (lactones) is 1. The molecule has 0 bridgehead atoms. The summed E-state index contributed by atoms with van der Waals surface area (Å²) in [4.78, 5) is 44.8. The maximum atomic E-state index is 14.2. The molecule has 3 saturated heterocycles. The summed E-state index contributed by atoms with van der Waals surface area (Å²) in [5, 5.41) is 15.2. The van der Waals surface area contributed by atoms with Gasteiger partial charge in [-0.3, -0.25) is 14.4 Å². The molecule has 0 amide bonds. The van der Waals surface area contributed by atoms with Gasteiger partial charge in [0.25, 0.3) is 0 Å². The van der Waals surface area contributed by atoms with Gasteiger partial charge in [0.15, 0.2) is 17.7 Å². The fraction of sp³-hybridized carbons (Fsp3) is 0.917. The third kappa shape index (κ3) is 8.44. The van der Waals surface area contributed by atoms with Crippen molar-refractivity contribution >= 4 is 17.7 Å². The summed E-state index contributed by atoms with van der Waals surface area (Å²) in [6.45, 7) is 14.4. The number of fused-ring (bicyclic) bond motifs is 1. The van der Waals surface area contributed by atoms with Gasteiger partial charge in [-0.1, -0.05) is 20.8 Å². The zero-order valence-electron chi connectivity index (χ0n) is 31.2. The van der Waals surface area contributed by atoms with Crippen LogP contribution in [0.25, 0.3) is 0 Å². The van der Waals surface area contributed by atoms with Gasteiger partial charge in [0.1, 0.15) is 18.1 Å². The van der Waals surface area contributed by atoms with Crippen molar-refractivity contribution in [2.45, 2.75) is 147 Å². The average Bonchev–Trinajstić information content (AvgIpc) is 3.84. The lowest BCUT2D eigenvalue weighted by Crippen LogP contribution is -2.60. The molecule has 276 valence electrons. The minimum atomic E-state index is -1.12. The van der Waals surface area contributed by atoms with Gasteiger partial charge in [0.2, 0.25) is 0 Å². The quantitative estimate of drug-likeness (QED) is 0.288. The van der Waals surface area contributed by atoms with Gasteiger partial charge in [0, 0.05) is 43.6 Å². The Morgan fingerprint density at radius 3 is 2.31 bits per heavy atom. The van der Waals surface area contributed by atoms with Crippen molar-refractivity contribution in [1.82, 2.24) is 15.1 Å². The van der Waals surface area contributed by atoms with Crippen LogP contribution < -0.4 is 5.32 Å². The lowest BCUT2D eigenvalue weighted by atomic mass is 9.78. The van der Waals surface area contributed by atoms with E-state index in [0.717, 1.165) is 0 Å². The minimum Gasteiger partial charge on any atom is -0.458 e. The van der Waals surface area contributed by atoms with Crippen molar-refractivity contribution in [1.29, 1.82) is 0 Å². The highest BCUT2D eigenvalue weighted by atomic mass is 16.7. The molecule has 12 nitrogen and oxygen atoms in total. The summed E-state index contributed by atoms with van der Waals surface area (Å²) in [6, 6.07) is 0.208. The second-order valence-electron chi connectivity index (χ2n) is 15.8. The summed E-state index contributed by atoms with van der Waals surface area (Å²) in [5.41, 5.74) is -2.04. The van der Waals surface area contributed by atoms with Gasteiger partial charge >= 0.3 is 11.9 Å². The van der Waals surface area contributed by atoms with Gasteiger partial charge < -0.3 is 43.9 Å². The van der Waals surface area contributed by atoms with Crippen LogP contribution in [-0.4, -0.2) is 134 Å². The average molecular weight is 682 g/mol. The van der Waals surface area contributed by atoms with E-state index in [9.17, 15) is 19.5 Å².